The van der Waals surface area contributed by atoms with Crippen molar-refractivity contribution in [1.29, 1.82) is 0 Å². The number of hydrogen-bond donors (Lipinski definition) is 2. The van der Waals surface area contributed by atoms with E-state index in [1.165, 1.54) is 6.08 Å². The van der Waals surface area contributed by atoms with Gasteiger partial charge in [-0.3, -0.25) is 4.79 Å². The zero-order chi connectivity index (χ0) is 16.7. The van der Waals surface area contributed by atoms with E-state index in [4.69, 9.17) is 4.74 Å². The Balaban J connectivity index is 1.87. The summed E-state index contributed by atoms with van der Waals surface area (Å²) in [6, 6.07) is 9.21. The number of rotatable bonds is 6. The largest absolute Gasteiger partial charge is 0.488 e. The molecule has 1 fully saturated rings. The standard InChI is InChI=1S/C18H26N2O3/c1-20(2)13-7-12-17(21)19-15-10-6-11-16(18(15)22)23-14-8-4-3-5-9-14/h3-5,7-9,12,15-16,18,22H,6,10-11,13H2,1-2H3,(H,19,21)/b12-7+/t15-,16-,18-/m1/s1. The van der Waals surface area contributed by atoms with Crippen LogP contribution in [0.25, 0.3) is 0 Å². The zero-order valence-electron chi connectivity index (χ0n) is 13.8. The Bertz CT molecular complexity index is 516. The van der Waals surface area contributed by atoms with Crippen molar-refractivity contribution in [3.63, 3.8) is 0 Å². The lowest BCUT2D eigenvalue weighted by atomic mass is 9.89. The number of likely N-dealkylation sites (N-methyl/N-ethyl adjacent to an activating group) is 1. The molecule has 0 heterocycles. The molecule has 1 aliphatic carbocycles. The fraction of sp³-hybridized carbons (Fsp3) is 0.500. The summed E-state index contributed by atoms with van der Waals surface area (Å²) in [5.74, 6) is 0.575. The first-order chi connectivity index (χ1) is 11.1. The molecule has 1 aliphatic rings. The quantitative estimate of drug-likeness (QED) is 0.782. The molecule has 3 atom stereocenters. The zero-order valence-corrected chi connectivity index (χ0v) is 13.8. The van der Waals surface area contributed by atoms with Crippen LogP contribution in [0.3, 0.4) is 0 Å². The van der Waals surface area contributed by atoms with Gasteiger partial charge in [0.15, 0.2) is 0 Å². The number of carbonyl (C=O) groups excluding carboxylic acids is 1. The van der Waals surface area contributed by atoms with Crippen LogP contribution < -0.4 is 10.1 Å². The first kappa shape index (κ1) is 17.5. The molecule has 0 radical (unpaired) electrons. The van der Waals surface area contributed by atoms with Crippen LogP contribution >= 0.6 is 0 Å². The molecule has 0 bridgehead atoms. The van der Waals surface area contributed by atoms with Crippen molar-refractivity contribution >= 4 is 5.91 Å². The third-order valence-corrected chi connectivity index (χ3v) is 3.90. The molecule has 1 aromatic rings. The second-order valence-corrected chi connectivity index (χ2v) is 6.17. The van der Waals surface area contributed by atoms with Gasteiger partial charge in [0.05, 0.1) is 6.04 Å². The van der Waals surface area contributed by atoms with Crippen molar-refractivity contribution in [3.05, 3.63) is 42.5 Å². The Hall–Kier alpha value is -1.85. The summed E-state index contributed by atoms with van der Waals surface area (Å²) < 4.78 is 5.87. The Morgan fingerprint density at radius 3 is 2.78 bits per heavy atom. The molecule has 0 saturated heterocycles. The van der Waals surface area contributed by atoms with Crippen LogP contribution in [0.4, 0.5) is 0 Å². The Labute approximate surface area is 137 Å². The fourth-order valence-electron chi connectivity index (χ4n) is 2.70. The van der Waals surface area contributed by atoms with Gasteiger partial charge in [0, 0.05) is 12.6 Å². The first-order valence-corrected chi connectivity index (χ1v) is 8.08. The molecule has 0 aromatic heterocycles. The summed E-state index contributed by atoms with van der Waals surface area (Å²) in [7, 11) is 3.89. The van der Waals surface area contributed by atoms with Crippen LogP contribution in [0.1, 0.15) is 19.3 Å². The summed E-state index contributed by atoms with van der Waals surface area (Å²) in [5, 5.41) is 13.4. The summed E-state index contributed by atoms with van der Waals surface area (Å²) in [4.78, 5) is 13.9. The van der Waals surface area contributed by atoms with Crippen LogP contribution in [-0.4, -0.2) is 54.8 Å². The van der Waals surface area contributed by atoms with Gasteiger partial charge in [0.1, 0.15) is 18.0 Å². The maximum atomic E-state index is 11.9. The highest BCUT2D eigenvalue weighted by Gasteiger charge is 2.33. The maximum absolute atomic E-state index is 11.9. The minimum Gasteiger partial charge on any atom is -0.488 e. The average molecular weight is 318 g/mol. The van der Waals surface area contributed by atoms with Gasteiger partial charge in [-0.1, -0.05) is 24.3 Å². The van der Waals surface area contributed by atoms with Crippen LogP contribution in [-0.2, 0) is 4.79 Å². The summed E-state index contributed by atoms with van der Waals surface area (Å²) in [6.45, 7) is 0.709. The van der Waals surface area contributed by atoms with Crippen molar-refractivity contribution in [2.45, 2.75) is 37.5 Å². The molecule has 1 aromatic carbocycles. The molecule has 5 nitrogen and oxygen atoms in total. The lowest BCUT2D eigenvalue weighted by Gasteiger charge is -2.35. The van der Waals surface area contributed by atoms with Crippen LogP contribution in [0, 0.1) is 0 Å². The Morgan fingerprint density at radius 1 is 1.35 bits per heavy atom. The second-order valence-electron chi connectivity index (χ2n) is 6.17. The van der Waals surface area contributed by atoms with E-state index in [0.717, 1.165) is 25.0 Å². The minimum atomic E-state index is -0.699. The van der Waals surface area contributed by atoms with E-state index in [-0.39, 0.29) is 18.1 Å². The topological polar surface area (TPSA) is 61.8 Å². The lowest BCUT2D eigenvalue weighted by molar-refractivity contribution is -0.119. The van der Waals surface area contributed by atoms with E-state index >= 15 is 0 Å². The van der Waals surface area contributed by atoms with Crippen LogP contribution in [0.15, 0.2) is 42.5 Å². The van der Waals surface area contributed by atoms with Gasteiger partial charge in [-0.25, -0.2) is 0 Å². The van der Waals surface area contributed by atoms with Crippen molar-refractivity contribution in [3.8, 4) is 5.75 Å². The number of aliphatic hydroxyl groups excluding tert-OH is 1. The SMILES string of the molecule is CN(C)C/C=C/C(=O)N[C@@H]1CCC[C@@H](Oc2ccccc2)[C@@H]1O. The number of hydrogen-bond acceptors (Lipinski definition) is 4. The van der Waals surface area contributed by atoms with Gasteiger partial charge in [-0.2, -0.15) is 0 Å². The van der Waals surface area contributed by atoms with Gasteiger partial charge >= 0.3 is 0 Å². The number of carbonyl (C=O) groups is 1. The number of ether oxygens (including phenoxy) is 1. The smallest absolute Gasteiger partial charge is 0.244 e. The minimum absolute atomic E-state index is 0.170. The van der Waals surface area contributed by atoms with Crippen LogP contribution in [0.2, 0.25) is 0 Å². The highest BCUT2D eigenvalue weighted by Crippen LogP contribution is 2.24. The molecule has 23 heavy (non-hydrogen) atoms. The normalized spacial score (nSPS) is 24.8. The van der Waals surface area contributed by atoms with Gasteiger partial charge in [0.2, 0.25) is 5.91 Å². The number of aliphatic hydroxyl groups is 1. The highest BCUT2D eigenvalue weighted by atomic mass is 16.5. The molecule has 1 amide bonds. The molecule has 0 aliphatic heterocycles. The molecule has 1 saturated carbocycles. The van der Waals surface area contributed by atoms with E-state index < -0.39 is 6.10 Å². The Morgan fingerprint density at radius 2 is 2.09 bits per heavy atom. The monoisotopic (exact) mass is 318 g/mol. The summed E-state index contributed by atoms with van der Waals surface area (Å²) in [5.41, 5.74) is 0. The van der Waals surface area contributed by atoms with Crippen molar-refractivity contribution < 1.29 is 14.6 Å². The molecular formula is C18H26N2O3. The van der Waals surface area contributed by atoms with Crippen LogP contribution in [0.5, 0.6) is 5.75 Å². The van der Waals surface area contributed by atoms with E-state index in [2.05, 4.69) is 5.32 Å². The molecule has 0 spiro atoms. The van der Waals surface area contributed by atoms with Gasteiger partial charge in [-0.15, -0.1) is 0 Å². The molecular weight excluding hydrogens is 292 g/mol. The maximum Gasteiger partial charge on any atom is 0.244 e. The van der Waals surface area contributed by atoms with E-state index in [9.17, 15) is 9.90 Å². The number of amides is 1. The first-order valence-electron chi connectivity index (χ1n) is 8.08. The van der Waals surface area contributed by atoms with Crippen molar-refractivity contribution in [2.24, 2.45) is 0 Å². The number of nitrogens with one attached hydrogen (secondary N) is 1. The summed E-state index contributed by atoms with van der Waals surface area (Å²) >= 11 is 0. The van der Waals surface area contributed by atoms with E-state index in [1.54, 1.807) is 0 Å². The molecule has 2 rings (SSSR count). The predicted molar refractivity (Wildman–Crippen MR) is 90.3 cm³/mol. The lowest BCUT2D eigenvalue weighted by Crippen LogP contribution is -2.52. The van der Waals surface area contributed by atoms with Crippen molar-refractivity contribution in [2.75, 3.05) is 20.6 Å². The fourth-order valence-corrected chi connectivity index (χ4v) is 2.70. The average Bonchev–Trinajstić information content (AvgIpc) is 2.52. The number of benzene rings is 1. The van der Waals surface area contributed by atoms with E-state index in [0.29, 0.717) is 6.54 Å². The number of nitrogens with zero attached hydrogens (tertiary/aromatic N) is 1. The third kappa shape index (κ3) is 5.69. The molecule has 5 heteroatoms. The Kier molecular flexibility index (Phi) is 6.62. The third-order valence-electron chi connectivity index (χ3n) is 3.90. The second kappa shape index (κ2) is 8.70. The van der Waals surface area contributed by atoms with Gasteiger partial charge in [-0.05, 0) is 45.5 Å². The molecule has 126 valence electrons. The molecule has 0 unspecified atom stereocenters. The highest BCUT2D eigenvalue weighted by molar-refractivity contribution is 5.87. The van der Waals surface area contributed by atoms with E-state index in [1.807, 2.05) is 55.4 Å². The number of para-hydroxylation sites is 1. The summed E-state index contributed by atoms with van der Waals surface area (Å²) in [6.07, 6.45) is 4.82. The van der Waals surface area contributed by atoms with Crippen molar-refractivity contribution in [1.82, 2.24) is 10.2 Å². The van der Waals surface area contributed by atoms with Gasteiger partial charge < -0.3 is 20.1 Å². The predicted octanol–water partition coefficient (Wildman–Crippen LogP) is 1.58. The van der Waals surface area contributed by atoms with Gasteiger partial charge in [0.25, 0.3) is 0 Å². The molecule has 2 N–H and O–H groups in total.